The van der Waals surface area contributed by atoms with Crippen LogP contribution in [0.1, 0.15) is 44.3 Å². The van der Waals surface area contributed by atoms with Crippen molar-refractivity contribution in [2.24, 2.45) is 0 Å². The van der Waals surface area contributed by atoms with Crippen LogP contribution in [0.15, 0.2) is 4.52 Å². The van der Waals surface area contributed by atoms with Crippen molar-refractivity contribution in [3.63, 3.8) is 0 Å². The Morgan fingerprint density at radius 3 is 3.06 bits per heavy atom. The third-order valence-electron chi connectivity index (χ3n) is 3.33. The Balaban J connectivity index is 2.02. The number of carbonyl (C=O) groups is 1. The zero-order chi connectivity index (χ0) is 13.1. The van der Waals surface area contributed by atoms with Crippen molar-refractivity contribution in [1.82, 2.24) is 15.0 Å². The van der Waals surface area contributed by atoms with Crippen molar-refractivity contribution >= 4 is 5.97 Å². The van der Waals surface area contributed by atoms with Crippen LogP contribution >= 0.6 is 0 Å². The number of piperidine rings is 1. The molecular formula is C12H19N3O3. The predicted octanol–water partition coefficient (Wildman–Crippen LogP) is 1.28. The van der Waals surface area contributed by atoms with Gasteiger partial charge in [-0.05, 0) is 33.2 Å². The average Bonchev–Trinajstić information content (AvgIpc) is 2.77. The second-order valence-electron chi connectivity index (χ2n) is 5.05. The van der Waals surface area contributed by atoms with E-state index in [1.54, 1.807) is 0 Å². The molecule has 1 unspecified atom stereocenters. The molecule has 0 aromatic carbocycles. The third-order valence-corrected chi connectivity index (χ3v) is 3.33. The van der Waals surface area contributed by atoms with Crippen LogP contribution in [0.2, 0.25) is 0 Å². The summed E-state index contributed by atoms with van der Waals surface area (Å²) in [6, 6.07) is 0.509. The normalized spacial score (nSPS) is 21.4. The number of hydrogen-bond acceptors (Lipinski definition) is 5. The summed E-state index contributed by atoms with van der Waals surface area (Å²) in [7, 11) is 0. The van der Waals surface area contributed by atoms with Gasteiger partial charge in [0.15, 0.2) is 5.82 Å². The highest BCUT2D eigenvalue weighted by molar-refractivity contribution is 5.68. The molecule has 100 valence electrons. The fraction of sp³-hybridized carbons (Fsp3) is 0.750. The number of rotatable bonds is 4. The van der Waals surface area contributed by atoms with Gasteiger partial charge in [-0.3, -0.25) is 4.79 Å². The minimum atomic E-state index is -0.935. The lowest BCUT2D eigenvalue weighted by atomic mass is 9.97. The predicted molar refractivity (Wildman–Crippen MR) is 64.3 cm³/mol. The van der Waals surface area contributed by atoms with Crippen LogP contribution in [0.4, 0.5) is 0 Å². The van der Waals surface area contributed by atoms with E-state index in [-0.39, 0.29) is 18.2 Å². The van der Waals surface area contributed by atoms with Crippen molar-refractivity contribution in [2.75, 3.05) is 13.1 Å². The van der Waals surface area contributed by atoms with E-state index in [2.05, 4.69) is 28.9 Å². The molecule has 6 heteroatoms. The first-order valence-corrected chi connectivity index (χ1v) is 6.34. The summed E-state index contributed by atoms with van der Waals surface area (Å²) in [4.78, 5) is 17.1. The zero-order valence-corrected chi connectivity index (χ0v) is 10.8. The lowest BCUT2D eigenvalue weighted by molar-refractivity contribution is -0.136. The van der Waals surface area contributed by atoms with Gasteiger partial charge in [-0.2, -0.15) is 4.98 Å². The fourth-order valence-electron chi connectivity index (χ4n) is 2.32. The maximum Gasteiger partial charge on any atom is 0.311 e. The third kappa shape index (κ3) is 3.07. The van der Waals surface area contributed by atoms with Crippen LogP contribution in [0.5, 0.6) is 0 Å². The van der Waals surface area contributed by atoms with Crippen molar-refractivity contribution in [3.8, 4) is 0 Å². The highest BCUT2D eigenvalue weighted by atomic mass is 16.5. The molecule has 2 rings (SSSR count). The number of carboxylic acid groups (broad SMARTS) is 1. The molecule has 1 saturated heterocycles. The van der Waals surface area contributed by atoms with Gasteiger partial charge in [0, 0.05) is 12.6 Å². The highest BCUT2D eigenvalue weighted by Crippen LogP contribution is 2.26. The maximum absolute atomic E-state index is 10.6. The first-order chi connectivity index (χ1) is 8.56. The van der Waals surface area contributed by atoms with Crippen LogP contribution in [-0.2, 0) is 11.2 Å². The van der Waals surface area contributed by atoms with E-state index < -0.39 is 5.97 Å². The van der Waals surface area contributed by atoms with Crippen molar-refractivity contribution in [2.45, 2.75) is 45.1 Å². The van der Waals surface area contributed by atoms with Crippen LogP contribution < -0.4 is 0 Å². The molecule has 1 N–H and O–H groups in total. The van der Waals surface area contributed by atoms with Gasteiger partial charge in [0.2, 0.25) is 5.89 Å². The van der Waals surface area contributed by atoms with Gasteiger partial charge in [0.1, 0.15) is 6.42 Å². The molecule has 1 aromatic rings. The second kappa shape index (κ2) is 5.48. The number of nitrogens with zero attached hydrogens (tertiary/aromatic N) is 3. The quantitative estimate of drug-likeness (QED) is 0.870. The standard InChI is InChI=1S/C12H19N3O3/c1-8(2)15-5-3-4-9(7-15)12-13-10(14-18-12)6-11(16)17/h8-9H,3-7H2,1-2H3,(H,16,17). The SMILES string of the molecule is CC(C)N1CCCC(c2nc(CC(=O)O)no2)C1. The number of hydrogen-bond donors (Lipinski definition) is 1. The maximum atomic E-state index is 10.6. The summed E-state index contributed by atoms with van der Waals surface area (Å²) in [5, 5.41) is 12.4. The largest absolute Gasteiger partial charge is 0.481 e. The second-order valence-corrected chi connectivity index (χ2v) is 5.05. The van der Waals surface area contributed by atoms with E-state index in [4.69, 9.17) is 9.63 Å². The van der Waals surface area contributed by atoms with E-state index in [0.29, 0.717) is 11.9 Å². The van der Waals surface area contributed by atoms with Gasteiger partial charge in [0.25, 0.3) is 0 Å². The molecule has 6 nitrogen and oxygen atoms in total. The Morgan fingerprint density at radius 2 is 2.39 bits per heavy atom. The van der Waals surface area contributed by atoms with Crippen LogP contribution in [0.25, 0.3) is 0 Å². The Labute approximate surface area is 106 Å². The summed E-state index contributed by atoms with van der Waals surface area (Å²) < 4.78 is 5.18. The lowest BCUT2D eigenvalue weighted by Crippen LogP contribution is -2.39. The molecule has 1 aromatic heterocycles. The van der Waals surface area contributed by atoms with Gasteiger partial charge in [-0.15, -0.1) is 0 Å². The van der Waals surface area contributed by atoms with Crippen molar-refractivity contribution in [3.05, 3.63) is 11.7 Å². The van der Waals surface area contributed by atoms with Crippen LogP contribution in [-0.4, -0.2) is 45.2 Å². The van der Waals surface area contributed by atoms with Crippen LogP contribution in [0, 0.1) is 0 Å². The highest BCUT2D eigenvalue weighted by Gasteiger charge is 2.27. The molecule has 2 heterocycles. The van der Waals surface area contributed by atoms with Crippen molar-refractivity contribution < 1.29 is 14.4 Å². The Hall–Kier alpha value is -1.43. The van der Waals surface area contributed by atoms with Gasteiger partial charge in [-0.25, -0.2) is 0 Å². The molecule has 0 saturated carbocycles. The first kappa shape index (κ1) is 13.0. The van der Waals surface area contributed by atoms with Gasteiger partial charge in [-0.1, -0.05) is 5.16 Å². The summed E-state index contributed by atoms with van der Waals surface area (Å²) in [5.41, 5.74) is 0. The van der Waals surface area contributed by atoms with Crippen LogP contribution in [0.3, 0.4) is 0 Å². The molecule has 0 radical (unpaired) electrons. The minimum absolute atomic E-state index is 0.176. The molecule has 1 fully saturated rings. The molecule has 1 aliphatic rings. The number of carboxylic acids is 1. The molecule has 0 bridgehead atoms. The van der Waals surface area contributed by atoms with E-state index >= 15 is 0 Å². The molecule has 0 spiro atoms. The zero-order valence-electron chi connectivity index (χ0n) is 10.8. The van der Waals surface area contributed by atoms with E-state index in [1.165, 1.54) is 0 Å². The summed E-state index contributed by atoms with van der Waals surface area (Å²) >= 11 is 0. The Bertz CT molecular complexity index is 416. The average molecular weight is 253 g/mol. The fourth-order valence-corrected chi connectivity index (χ4v) is 2.32. The molecule has 0 amide bonds. The summed E-state index contributed by atoms with van der Waals surface area (Å²) in [6.45, 7) is 6.36. The molecule has 1 aliphatic heterocycles. The van der Waals surface area contributed by atoms with Gasteiger partial charge >= 0.3 is 5.97 Å². The number of aromatic nitrogens is 2. The van der Waals surface area contributed by atoms with E-state index in [9.17, 15) is 4.79 Å². The topological polar surface area (TPSA) is 79.5 Å². The summed E-state index contributed by atoms with van der Waals surface area (Å²) in [6.07, 6.45) is 1.96. The van der Waals surface area contributed by atoms with E-state index in [1.807, 2.05) is 0 Å². The number of likely N-dealkylation sites (tertiary alicyclic amines) is 1. The smallest absolute Gasteiger partial charge is 0.311 e. The molecular weight excluding hydrogens is 234 g/mol. The van der Waals surface area contributed by atoms with Gasteiger partial charge in [0.05, 0.1) is 5.92 Å². The lowest BCUT2D eigenvalue weighted by Gasteiger charge is -2.33. The molecule has 18 heavy (non-hydrogen) atoms. The van der Waals surface area contributed by atoms with Gasteiger partial charge < -0.3 is 14.5 Å². The minimum Gasteiger partial charge on any atom is -0.481 e. The van der Waals surface area contributed by atoms with E-state index in [0.717, 1.165) is 25.9 Å². The monoisotopic (exact) mass is 253 g/mol. The van der Waals surface area contributed by atoms with Crippen molar-refractivity contribution in [1.29, 1.82) is 0 Å². The first-order valence-electron chi connectivity index (χ1n) is 6.34. The Morgan fingerprint density at radius 1 is 1.61 bits per heavy atom. The molecule has 1 atom stereocenters. The summed E-state index contributed by atoms with van der Waals surface area (Å²) in [5.74, 6) is 0.141. The molecule has 0 aliphatic carbocycles. The Kier molecular flexibility index (Phi) is 3.96. The number of aliphatic carboxylic acids is 1.